The van der Waals surface area contributed by atoms with Gasteiger partial charge in [-0.15, -0.1) is 0 Å². The van der Waals surface area contributed by atoms with E-state index in [9.17, 15) is 4.39 Å². The van der Waals surface area contributed by atoms with Crippen molar-refractivity contribution in [1.29, 1.82) is 0 Å². The molecule has 1 aromatic carbocycles. The summed E-state index contributed by atoms with van der Waals surface area (Å²) in [5, 5.41) is 4.24. The number of rotatable bonds is 7. The third-order valence-corrected chi connectivity index (χ3v) is 5.51. The van der Waals surface area contributed by atoms with E-state index in [0.717, 1.165) is 19.4 Å². The van der Waals surface area contributed by atoms with Gasteiger partial charge < -0.3 is 5.32 Å². The number of hydrogen-bond acceptors (Lipinski definition) is 1. The Morgan fingerprint density at radius 3 is 2.57 bits per heavy atom. The van der Waals surface area contributed by atoms with Crippen LogP contribution in [-0.4, -0.2) is 12.6 Å². The summed E-state index contributed by atoms with van der Waals surface area (Å²) in [4.78, 5) is 0. The lowest BCUT2D eigenvalue weighted by molar-refractivity contribution is 0.183. The standard InChI is InChI=1S/C18H27ClFN/c1-3-12-21-17(18(4-2)10-5-6-11-18)13-14-15(19)8-7-9-16(14)20/h7-9,17,21H,3-6,10-13H2,1-2H3. The van der Waals surface area contributed by atoms with Gasteiger partial charge in [0.15, 0.2) is 0 Å². The Morgan fingerprint density at radius 2 is 2.00 bits per heavy atom. The Kier molecular flexibility index (Phi) is 6.07. The minimum Gasteiger partial charge on any atom is -0.313 e. The lowest BCUT2D eigenvalue weighted by Crippen LogP contribution is -2.45. The second-order valence-corrected chi connectivity index (χ2v) is 6.74. The SMILES string of the molecule is CCCNC(Cc1c(F)cccc1Cl)C1(CC)CCCC1. The lowest BCUT2D eigenvalue weighted by Gasteiger charge is -2.38. The number of hydrogen-bond donors (Lipinski definition) is 1. The van der Waals surface area contributed by atoms with E-state index in [1.165, 1.54) is 31.7 Å². The second-order valence-electron chi connectivity index (χ2n) is 6.33. The first-order chi connectivity index (χ1) is 10.1. The summed E-state index contributed by atoms with van der Waals surface area (Å²) in [6, 6.07) is 5.32. The van der Waals surface area contributed by atoms with Crippen molar-refractivity contribution in [2.75, 3.05) is 6.54 Å². The molecule has 0 amide bonds. The molecule has 1 fully saturated rings. The van der Waals surface area contributed by atoms with Gasteiger partial charge in [0.25, 0.3) is 0 Å². The van der Waals surface area contributed by atoms with Gasteiger partial charge in [-0.2, -0.15) is 0 Å². The zero-order valence-electron chi connectivity index (χ0n) is 13.2. The van der Waals surface area contributed by atoms with E-state index < -0.39 is 0 Å². The molecular formula is C18H27ClFN. The summed E-state index contributed by atoms with van der Waals surface area (Å²) in [5.74, 6) is -0.171. The summed E-state index contributed by atoms with van der Waals surface area (Å²) in [5.41, 5.74) is 0.980. The molecule has 1 aromatic rings. The van der Waals surface area contributed by atoms with Gasteiger partial charge in [0.1, 0.15) is 5.82 Å². The predicted molar refractivity (Wildman–Crippen MR) is 88.4 cm³/mol. The highest BCUT2D eigenvalue weighted by Crippen LogP contribution is 2.45. The topological polar surface area (TPSA) is 12.0 Å². The molecule has 1 atom stereocenters. The van der Waals surface area contributed by atoms with Crippen molar-refractivity contribution in [3.8, 4) is 0 Å². The fourth-order valence-corrected chi connectivity index (χ4v) is 4.02. The molecule has 0 aliphatic heterocycles. The quantitative estimate of drug-likeness (QED) is 0.714. The minimum atomic E-state index is -0.171. The van der Waals surface area contributed by atoms with Crippen LogP contribution in [0.15, 0.2) is 18.2 Å². The van der Waals surface area contributed by atoms with Crippen LogP contribution in [0.5, 0.6) is 0 Å². The molecule has 0 radical (unpaired) electrons. The summed E-state index contributed by atoms with van der Waals surface area (Å²) in [7, 11) is 0. The molecule has 0 bridgehead atoms. The Morgan fingerprint density at radius 1 is 1.29 bits per heavy atom. The van der Waals surface area contributed by atoms with E-state index in [4.69, 9.17) is 11.6 Å². The molecule has 1 nitrogen and oxygen atoms in total. The monoisotopic (exact) mass is 311 g/mol. The largest absolute Gasteiger partial charge is 0.313 e. The van der Waals surface area contributed by atoms with Gasteiger partial charge in [-0.1, -0.05) is 44.4 Å². The molecule has 3 heteroatoms. The molecule has 118 valence electrons. The Bertz CT molecular complexity index is 434. The zero-order chi connectivity index (χ0) is 15.3. The van der Waals surface area contributed by atoms with Gasteiger partial charge in [0.05, 0.1) is 0 Å². The van der Waals surface area contributed by atoms with Crippen LogP contribution in [-0.2, 0) is 6.42 Å². The summed E-state index contributed by atoms with van der Waals surface area (Å²) in [6.45, 7) is 5.43. The second kappa shape index (κ2) is 7.60. The lowest BCUT2D eigenvalue weighted by atomic mass is 9.74. The van der Waals surface area contributed by atoms with Crippen molar-refractivity contribution in [1.82, 2.24) is 5.32 Å². The molecule has 0 spiro atoms. The molecule has 2 rings (SSSR count). The Hall–Kier alpha value is -0.600. The van der Waals surface area contributed by atoms with Crippen LogP contribution in [0.3, 0.4) is 0 Å². The summed E-state index contributed by atoms with van der Waals surface area (Å²) in [6.07, 6.45) is 8.03. The summed E-state index contributed by atoms with van der Waals surface area (Å²) >= 11 is 6.24. The van der Waals surface area contributed by atoms with Gasteiger partial charge >= 0.3 is 0 Å². The van der Waals surface area contributed by atoms with E-state index in [1.807, 2.05) is 0 Å². The number of benzene rings is 1. The van der Waals surface area contributed by atoms with E-state index in [2.05, 4.69) is 19.2 Å². The highest BCUT2D eigenvalue weighted by molar-refractivity contribution is 6.31. The van der Waals surface area contributed by atoms with Crippen LogP contribution < -0.4 is 5.32 Å². The minimum absolute atomic E-state index is 0.171. The molecule has 21 heavy (non-hydrogen) atoms. The smallest absolute Gasteiger partial charge is 0.127 e. The van der Waals surface area contributed by atoms with Crippen molar-refractivity contribution in [3.63, 3.8) is 0 Å². The zero-order valence-corrected chi connectivity index (χ0v) is 14.0. The molecule has 0 aromatic heterocycles. The van der Waals surface area contributed by atoms with Crippen LogP contribution in [0, 0.1) is 11.2 Å². The predicted octanol–water partition coefficient (Wildman–Crippen LogP) is 5.36. The first kappa shape index (κ1) is 16.8. The van der Waals surface area contributed by atoms with Gasteiger partial charge in [-0.3, -0.25) is 0 Å². The maximum atomic E-state index is 14.1. The third kappa shape index (κ3) is 3.78. The van der Waals surface area contributed by atoms with E-state index in [-0.39, 0.29) is 5.82 Å². The third-order valence-electron chi connectivity index (χ3n) is 5.15. The van der Waals surface area contributed by atoms with Crippen LogP contribution >= 0.6 is 11.6 Å². The number of nitrogens with one attached hydrogen (secondary N) is 1. The van der Waals surface area contributed by atoms with Crippen molar-refractivity contribution >= 4 is 11.6 Å². The van der Waals surface area contributed by atoms with Crippen LogP contribution in [0.4, 0.5) is 4.39 Å². The highest BCUT2D eigenvalue weighted by Gasteiger charge is 2.39. The van der Waals surface area contributed by atoms with Gasteiger partial charge in [0, 0.05) is 16.6 Å². The van der Waals surface area contributed by atoms with Crippen molar-refractivity contribution < 1.29 is 4.39 Å². The first-order valence-electron chi connectivity index (χ1n) is 8.29. The van der Waals surface area contributed by atoms with E-state index in [1.54, 1.807) is 12.1 Å². The molecule has 0 heterocycles. The average molecular weight is 312 g/mol. The van der Waals surface area contributed by atoms with Crippen molar-refractivity contribution in [3.05, 3.63) is 34.6 Å². The summed E-state index contributed by atoms with van der Waals surface area (Å²) < 4.78 is 14.1. The maximum Gasteiger partial charge on any atom is 0.127 e. The Balaban J connectivity index is 2.24. The van der Waals surface area contributed by atoms with E-state index in [0.29, 0.717) is 28.5 Å². The normalized spacial score (nSPS) is 18.9. The fourth-order valence-electron chi connectivity index (χ4n) is 3.78. The molecule has 1 unspecified atom stereocenters. The van der Waals surface area contributed by atoms with Crippen LogP contribution in [0.1, 0.15) is 57.9 Å². The maximum absolute atomic E-state index is 14.1. The first-order valence-corrected chi connectivity index (χ1v) is 8.67. The fraction of sp³-hybridized carbons (Fsp3) is 0.667. The van der Waals surface area contributed by atoms with Crippen molar-refractivity contribution in [2.45, 2.75) is 64.8 Å². The molecule has 1 N–H and O–H groups in total. The molecule has 1 aliphatic rings. The van der Waals surface area contributed by atoms with Gasteiger partial charge in [-0.25, -0.2) is 4.39 Å². The van der Waals surface area contributed by atoms with Gasteiger partial charge in [0.2, 0.25) is 0 Å². The average Bonchev–Trinajstić information content (AvgIpc) is 2.96. The highest BCUT2D eigenvalue weighted by atomic mass is 35.5. The number of halogens is 2. The molecular weight excluding hydrogens is 285 g/mol. The Labute approximate surface area is 133 Å². The van der Waals surface area contributed by atoms with Gasteiger partial charge in [-0.05, 0) is 56.2 Å². The van der Waals surface area contributed by atoms with Crippen LogP contribution in [0.2, 0.25) is 5.02 Å². The van der Waals surface area contributed by atoms with Crippen molar-refractivity contribution in [2.24, 2.45) is 5.41 Å². The molecule has 1 saturated carbocycles. The van der Waals surface area contributed by atoms with Crippen LogP contribution in [0.25, 0.3) is 0 Å². The molecule has 0 saturated heterocycles. The van der Waals surface area contributed by atoms with E-state index >= 15 is 0 Å². The molecule has 1 aliphatic carbocycles.